The average Bonchev–Trinajstić information content (AvgIpc) is 2.65. The highest BCUT2D eigenvalue weighted by molar-refractivity contribution is 6.08. The van der Waals surface area contributed by atoms with E-state index in [4.69, 9.17) is 10.5 Å². The average molecular weight is 367 g/mol. The van der Waals surface area contributed by atoms with Gasteiger partial charge >= 0.3 is 5.97 Å². The number of hydrogen-bond acceptors (Lipinski definition) is 6. The molecule has 1 aromatic heterocycles. The largest absolute Gasteiger partial charge is 0.488 e. The summed E-state index contributed by atoms with van der Waals surface area (Å²) in [4.78, 5) is 31.5. The van der Waals surface area contributed by atoms with E-state index in [2.05, 4.69) is 9.98 Å². The quantitative estimate of drug-likeness (QED) is 0.548. The number of nitrogens with two attached hydrogens (primary N) is 1. The van der Waals surface area contributed by atoms with Crippen LogP contribution in [0.1, 0.15) is 45.8 Å². The van der Waals surface area contributed by atoms with E-state index in [0.717, 1.165) is 5.56 Å². The molecule has 0 spiro atoms. The molecule has 1 heterocycles. The van der Waals surface area contributed by atoms with E-state index in [0.29, 0.717) is 17.7 Å². The molecule has 0 unspecified atom stereocenters. The van der Waals surface area contributed by atoms with Crippen molar-refractivity contribution in [3.63, 3.8) is 0 Å². The zero-order valence-electron chi connectivity index (χ0n) is 15.1. The van der Waals surface area contributed by atoms with Crippen molar-refractivity contribution in [2.75, 3.05) is 0 Å². The van der Waals surface area contributed by atoms with Gasteiger partial charge in [-0.2, -0.15) is 0 Å². The molecule has 0 fully saturated rings. The summed E-state index contributed by atoms with van der Waals surface area (Å²) < 4.78 is 5.73. The van der Waals surface area contributed by atoms with Crippen molar-refractivity contribution < 1.29 is 19.4 Å². The highest BCUT2D eigenvalue weighted by atomic mass is 16.5. The Bertz CT molecular complexity index is 889. The number of aldehydes is 1. The SMILES string of the molecule is CC(C)N=C(C=CN)c1ncccc1COc1cccc(C(=O)O)c1C=O. The summed E-state index contributed by atoms with van der Waals surface area (Å²) in [5, 5.41) is 9.21. The van der Waals surface area contributed by atoms with Crippen LogP contribution in [-0.4, -0.2) is 34.1 Å². The number of aromatic nitrogens is 1. The number of aliphatic imine (C=N–C) groups is 1. The first-order valence-corrected chi connectivity index (χ1v) is 8.32. The van der Waals surface area contributed by atoms with E-state index < -0.39 is 5.97 Å². The minimum Gasteiger partial charge on any atom is -0.488 e. The molecular weight excluding hydrogens is 346 g/mol. The van der Waals surface area contributed by atoms with Gasteiger partial charge in [-0.15, -0.1) is 0 Å². The number of rotatable bonds is 8. The lowest BCUT2D eigenvalue weighted by Crippen LogP contribution is -2.11. The van der Waals surface area contributed by atoms with Crippen LogP contribution in [0.2, 0.25) is 0 Å². The number of aromatic carboxylic acids is 1. The van der Waals surface area contributed by atoms with Gasteiger partial charge < -0.3 is 15.6 Å². The Morgan fingerprint density at radius 3 is 2.74 bits per heavy atom. The first-order valence-electron chi connectivity index (χ1n) is 8.32. The van der Waals surface area contributed by atoms with Crippen LogP contribution in [0, 0.1) is 0 Å². The number of allylic oxidation sites excluding steroid dienone is 1. The van der Waals surface area contributed by atoms with Crippen molar-refractivity contribution in [3.05, 3.63) is 71.2 Å². The van der Waals surface area contributed by atoms with Gasteiger partial charge in [-0.25, -0.2) is 4.79 Å². The van der Waals surface area contributed by atoms with E-state index in [1.807, 2.05) is 19.9 Å². The molecule has 3 N–H and O–H groups in total. The number of carbonyl (C=O) groups is 2. The highest BCUT2D eigenvalue weighted by Crippen LogP contribution is 2.22. The number of pyridine rings is 1. The molecule has 0 aliphatic heterocycles. The molecule has 27 heavy (non-hydrogen) atoms. The zero-order chi connectivity index (χ0) is 19.8. The molecule has 1 aromatic carbocycles. The molecule has 0 atom stereocenters. The van der Waals surface area contributed by atoms with Gasteiger partial charge in [0.2, 0.25) is 0 Å². The predicted octanol–water partition coefficient (Wildman–Crippen LogP) is 2.84. The Balaban J connectivity index is 2.37. The van der Waals surface area contributed by atoms with Gasteiger partial charge in [-0.3, -0.25) is 14.8 Å². The van der Waals surface area contributed by atoms with Crippen molar-refractivity contribution in [2.24, 2.45) is 10.7 Å². The topological polar surface area (TPSA) is 115 Å². The smallest absolute Gasteiger partial charge is 0.336 e. The van der Waals surface area contributed by atoms with Crippen LogP contribution < -0.4 is 10.5 Å². The second kappa shape index (κ2) is 9.28. The van der Waals surface area contributed by atoms with Crippen molar-refractivity contribution in [3.8, 4) is 5.75 Å². The summed E-state index contributed by atoms with van der Waals surface area (Å²) in [7, 11) is 0. The van der Waals surface area contributed by atoms with Crippen LogP contribution in [0.15, 0.2) is 53.8 Å². The van der Waals surface area contributed by atoms with Crippen molar-refractivity contribution in [1.29, 1.82) is 0 Å². The number of carbonyl (C=O) groups excluding carboxylic acids is 1. The Labute approximate surface area is 157 Å². The van der Waals surface area contributed by atoms with Gasteiger partial charge in [0, 0.05) is 17.8 Å². The zero-order valence-corrected chi connectivity index (χ0v) is 15.1. The summed E-state index contributed by atoms with van der Waals surface area (Å²) in [6.07, 6.45) is 5.17. The van der Waals surface area contributed by atoms with Gasteiger partial charge in [0.1, 0.15) is 12.4 Å². The number of hydrogen-bond donors (Lipinski definition) is 2. The third-order valence-corrected chi connectivity index (χ3v) is 3.58. The fourth-order valence-electron chi connectivity index (χ4n) is 2.47. The fourth-order valence-corrected chi connectivity index (χ4v) is 2.47. The molecule has 0 bridgehead atoms. The lowest BCUT2D eigenvalue weighted by atomic mass is 10.1. The van der Waals surface area contributed by atoms with Gasteiger partial charge in [0.05, 0.1) is 22.5 Å². The summed E-state index contributed by atoms with van der Waals surface area (Å²) in [6.45, 7) is 3.97. The molecule has 7 nitrogen and oxygen atoms in total. The maximum absolute atomic E-state index is 11.3. The molecular formula is C20H21N3O4. The number of nitrogens with zero attached hydrogens (tertiary/aromatic N) is 2. The summed E-state index contributed by atoms with van der Waals surface area (Å²) in [5.74, 6) is -1.000. The number of carboxylic acid groups (broad SMARTS) is 1. The maximum Gasteiger partial charge on any atom is 0.336 e. The lowest BCUT2D eigenvalue weighted by Gasteiger charge is -2.13. The maximum atomic E-state index is 11.3. The lowest BCUT2D eigenvalue weighted by molar-refractivity contribution is 0.0693. The van der Waals surface area contributed by atoms with E-state index in [1.54, 1.807) is 24.4 Å². The van der Waals surface area contributed by atoms with Crippen molar-refractivity contribution in [2.45, 2.75) is 26.5 Å². The minimum atomic E-state index is -1.19. The van der Waals surface area contributed by atoms with Crippen LogP contribution in [0.4, 0.5) is 0 Å². The van der Waals surface area contributed by atoms with Crippen LogP contribution in [0.25, 0.3) is 0 Å². The summed E-state index contributed by atoms with van der Waals surface area (Å²) in [6, 6.07) is 8.06. The second-order valence-electron chi connectivity index (χ2n) is 5.91. The molecule has 0 saturated heterocycles. The van der Waals surface area contributed by atoms with Gasteiger partial charge in [0.25, 0.3) is 0 Å². The molecule has 0 aliphatic carbocycles. The number of benzene rings is 1. The Kier molecular flexibility index (Phi) is 6.82. The van der Waals surface area contributed by atoms with Crippen molar-refractivity contribution in [1.82, 2.24) is 4.98 Å². The second-order valence-corrected chi connectivity index (χ2v) is 5.91. The molecule has 0 amide bonds. The normalized spacial score (nSPS) is 11.7. The Morgan fingerprint density at radius 2 is 2.11 bits per heavy atom. The highest BCUT2D eigenvalue weighted by Gasteiger charge is 2.16. The summed E-state index contributed by atoms with van der Waals surface area (Å²) in [5.41, 5.74) is 7.36. The van der Waals surface area contributed by atoms with Gasteiger partial charge in [0.15, 0.2) is 6.29 Å². The predicted molar refractivity (Wildman–Crippen MR) is 102 cm³/mol. The monoisotopic (exact) mass is 367 g/mol. The van der Waals surface area contributed by atoms with Crippen molar-refractivity contribution >= 4 is 18.0 Å². The first-order chi connectivity index (χ1) is 13.0. The standard InChI is InChI=1S/C20H21N3O4/c1-13(2)23-17(8-9-21)19-14(5-4-10-22-19)12-27-18-7-3-6-15(20(25)26)16(18)11-24/h3-11,13H,12,21H2,1-2H3,(H,25,26). The fraction of sp³-hybridized carbons (Fsp3) is 0.200. The van der Waals surface area contributed by atoms with Crippen LogP contribution in [0.3, 0.4) is 0 Å². The molecule has 7 heteroatoms. The number of carboxylic acids is 1. The summed E-state index contributed by atoms with van der Waals surface area (Å²) >= 11 is 0. The number of ether oxygens (including phenoxy) is 1. The Hall–Kier alpha value is -3.48. The van der Waals surface area contributed by atoms with Crippen LogP contribution >= 0.6 is 0 Å². The third kappa shape index (κ3) is 5.01. The van der Waals surface area contributed by atoms with E-state index in [1.165, 1.54) is 18.3 Å². The Morgan fingerprint density at radius 1 is 1.33 bits per heavy atom. The molecule has 0 aliphatic rings. The van der Waals surface area contributed by atoms with E-state index in [9.17, 15) is 14.7 Å². The molecule has 0 radical (unpaired) electrons. The minimum absolute atomic E-state index is 0.00614. The van der Waals surface area contributed by atoms with Gasteiger partial charge in [-0.1, -0.05) is 12.1 Å². The first kappa shape index (κ1) is 19.8. The molecule has 2 rings (SSSR count). The molecule has 2 aromatic rings. The van der Waals surface area contributed by atoms with E-state index >= 15 is 0 Å². The molecule has 0 saturated carbocycles. The van der Waals surface area contributed by atoms with Crippen LogP contribution in [0.5, 0.6) is 5.75 Å². The van der Waals surface area contributed by atoms with Gasteiger partial charge in [-0.05, 0) is 44.3 Å². The van der Waals surface area contributed by atoms with Crippen LogP contribution in [-0.2, 0) is 6.61 Å². The molecule has 140 valence electrons. The third-order valence-electron chi connectivity index (χ3n) is 3.58. The van der Waals surface area contributed by atoms with E-state index in [-0.39, 0.29) is 29.5 Å².